The van der Waals surface area contributed by atoms with Gasteiger partial charge in [-0.15, -0.1) is 0 Å². The fourth-order valence-electron chi connectivity index (χ4n) is 1.58. The van der Waals surface area contributed by atoms with Gasteiger partial charge in [0.05, 0.1) is 6.21 Å². The maximum absolute atomic E-state index is 11.6. The van der Waals surface area contributed by atoms with Gasteiger partial charge in [-0.05, 0) is 39.5 Å². The zero-order valence-corrected chi connectivity index (χ0v) is 10.3. The maximum atomic E-state index is 11.6. The summed E-state index contributed by atoms with van der Waals surface area (Å²) in [6.07, 6.45) is 8.35. The zero-order valence-electron chi connectivity index (χ0n) is 9.45. The van der Waals surface area contributed by atoms with Crippen LogP contribution in [-0.2, 0) is 11.4 Å². The lowest BCUT2D eigenvalue weighted by Gasteiger charge is -2.20. The van der Waals surface area contributed by atoms with Gasteiger partial charge >= 0.3 is 0 Å². The quantitative estimate of drug-likeness (QED) is 0.515. The third kappa shape index (κ3) is 4.01. The lowest BCUT2D eigenvalue weighted by atomic mass is 9.90. The molecule has 0 bridgehead atoms. The largest absolute Gasteiger partial charge is 0.591 e. The molecule has 0 unspecified atom stereocenters. The molecule has 0 radical (unpaired) electrons. The molecular weight excluding hydrogens is 194 g/mol. The Balaban J connectivity index is 2.38. The van der Waals surface area contributed by atoms with E-state index in [0.717, 1.165) is 0 Å². The predicted molar refractivity (Wildman–Crippen MR) is 63.0 cm³/mol. The van der Waals surface area contributed by atoms with Crippen molar-refractivity contribution in [1.29, 1.82) is 0 Å². The predicted octanol–water partition coefficient (Wildman–Crippen LogP) is 3.10. The molecule has 0 spiro atoms. The van der Waals surface area contributed by atoms with E-state index in [1.165, 1.54) is 32.1 Å². The van der Waals surface area contributed by atoms with E-state index >= 15 is 0 Å². The first-order valence-electron chi connectivity index (χ1n) is 5.46. The van der Waals surface area contributed by atoms with Gasteiger partial charge < -0.3 is 4.55 Å². The second-order valence-electron chi connectivity index (χ2n) is 5.01. The SMILES string of the molecule is CC(C)(C)[S@@+]([O-])N=CC1CCCCC1. The highest BCUT2D eigenvalue weighted by molar-refractivity contribution is 7.91. The van der Waals surface area contributed by atoms with E-state index in [0.29, 0.717) is 5.92 Å². The number of rotatable bonds is 2. The summed E-state index contributed by atoms with van der Waals surface area (Å²) in [7, 11) is 0. The van der Waals surface area contributed by atoms with Crippen LogP contribution < -0.4 is 0 Å². The number of hydrogen-bond donors (Lipinski definition) is 0. The molecule has 1 aliphatic carbocycles. The van der Waals surface area contributed by atoms with Gasteiger partial charge in [0.2, 0.25) is 0 Å². The molecule has 0 aromatic rings. The summed E-state index contributed by atoms with van der Waals surface area (Å²) in [5.41, 5.74) is 0. The summed E-state index contributed by atoms with van der Waals surface area (Å²) in [6.45, 7) is 5.88. The molecule has 0 aromatic heterocycles. The average molecular weight is 215 g/mol. The summed E-state index contributed by atoms with van der Waals surface area (Å²) < 4.78 is 15.6. The maximum Gasteiger partial charge on any atom is 0.144 e. The van der Waals surface area contributed by atoms with Crippen molar-refractivity contribution in [3.05, 3.63) is 0 Å². The van der Waals surface area contributed by atoms with Crippen LogP contribution in [0.1, 0.15) is 52.9 Å². The molecule has 1 saturated carbocycles. The smallest absolute Gasteiger partial charge is 0.144 e. The van der Waals surface area contributed by atoms with Gasteiger partial charge in [0, 0.05) is 0 Å². The summed E-state index contributed by atoms with van der Waals surface area (Å²) in [6, 6.07) is 0. The minimum absolute atomic E-state index is 0.217. The molecule has 0 aliphatic heterocycles. The monoisotopic (exact) mass is 215 g/mol. The van der Waals surface area contributed by atoms with Gasteiger partial charge in [0.1, 0.15) is 16.1 Å². The first-order chi connectivity index (χ1) is 6.50. The molecule has 2 nitrogen and oxygen atoms in total. The molecule has 82 valence electrons. The zero-order chi connectivity index (χ0) is 10.6. The molecular formula is C11H21NOS. The van der Waals surface area contributed by atoms with Crippen molar-refractivity contribution in [3.63, 3.8) is 0 Å². The summed E-state index contributed by atoms with van der Waals surface area (Å²) in [5.74, 6) is 0.579. The Labute approximate surface area is 90.5 Å². The molecule has 0 saturated heterocycles. The van der Waals surface area contributed by atoms with Crippen LogP contribution >= 0.6 is 0 Å². The molecule has 0 amide bonds. The van der Waals surface area contributed by atoms with Crippen LogP contribution in [0.4, 0.5) is 0 Å². The van der Waals surface area contributed by atoms with E-state index in [2.05, 4.69) is 4.40 Å². The van der Waals surface area contributed by atoms with Crippen LogP contribution in [0, 0.1) is 5.92 Å². The molecule has 1 rings (SSSR count). The van der Waals surface area contributed by atoms with Crippen molar-refractivity contribution in [2.24, 2.45) is 10.3 Å². The Kier molecular flexibility index (Phi) is 4.45. The third-order valence-electron chi connectivity index (χ3n) is 2.54. The highest BCUT2D eigenvalue weighted by Gasteiger charge is 2.26. The molecule has 1 atom stereocenters. The van der Waals surface area contributed by atoms with E-state index in [1.54, 1.807) is 0 Å². The van der Waals surface area contributed by atoms with Crippen molar-refractivity contribution in [2.45, 2.75) is 57.6 Å². The van der Waals surface area contributed by atoms with Crippen molar-refractivity contribution < 1.29 is 4.55 Å². The molecule has 0 N–H and O–H groups in total. The standard InChI is InChI=1S/C11H21NOS/c1-11(2,3)14(13)12-9-10-7-5-4-6-8-10/h9-10H,4-8H2,1-3H3/t14-/m1/s1. The van der Waals surface area contributed by atoms with Crippen molar-refractivity contribution >= 4 is 17.6 Å². The summed E-state index contributed by atoms with van der Waals surface area (Å²) in [4.78, 5) is 0. The second kappa shape index (κ2) is 5.17. The van der Waals surface area contributed by atoms with Gasteiger partial charge in [-0.3, -0.25) is 0 Å². The summed E-state index contributed by atoms with van der Waals surface area (Å²) >= 11 is -1.07. The van der Waals surface area contributed by atoms with Crippen LogP contribution in [-0.4, -0.2) is 15.5 Å². The molecule has 3 heteroatoms. The Morgan fingerprint density at radius 2 is 1.79 bits per heavy atom. The van der Waals surface area contributed by atoms with Crippen molar-refractivity contribution in [1.82, 2.24) is 0 Å². The molecule has 0 aromatic carbocycles. The topological polar surface area (TPSA) is 35.4 Å². The fourth-order valence-corrected chi connectivity index (χ4v) is 2.18. The van der Waals surface area contributed by atoms with Gasteiger partial charge in [-0.2, -0.15) is 0 Å². The highest BCUT2D eigenvalue weighted by atomic mass is 32.2. The van der Waals surface area contributed by atoms with Gasteiger partial charge in [0.15, 0.2) is 0 Å². The number of hydrogen-bond acceptors (Lipinski definition) is 2. The van der Waals surface area contributed by atoms with E-state index in [-0.39, 0.29) is 4.75 Å². The molecule has 1 aliphatic rings. The highest BCUT2D eigenvalue weighted by Crippen LogP contribution is 2.23. The van der Waals surface area contributed by atoms with E-state index in [9.17, 15) is 4.55 Å². The van der Waals surface area contributed by atoms with Gasteiger partial charge in [-0.1, -0.05) is 23.7 Å². The average Bonchev–Trinajstić information content (AvgIpc) is 2.14. The Morgan fingerprint density at radius 1 is 1.21 bits per heavy atom. The fraction of sp³-hybridized carbons (Fsp3) is 0.909. The van der Waals surface area contributed by atoms with Gasteiger partial charge in [-0.25, -0.2) is 0 Å². The lowest BCUT2D eigenvalue weighted by Crippen LogP contribution is -2.26. The van der Waals surface area contributed by atoms with Crippen LogP contribution in [0.5, 0.6) is 0 Å². The molecule has 14 heavy (non-hydrogen) atoms. The van der Waals surface area contributed by atoms with E-state index < -0.39 is 11.4 Å². The minimum Gasteiger partial charge on any atom is -0.591 e. The molecule has 0 heterocycles. The lowest BCUT2D eigenvalue weighted by molar-refractivity contribution is 0.445. The Bertz CT molecular complexity index is 192. The van der Waals surface area contributed by atoms with Crippen LogP contribution in [0.15, 0.2) is 4.40 Å². The van der Waals surface area contributed by atoms with Crippen molar-refractivity contribution in [2.75, 3.05) is 0 Å². The van der Waals surface area contributed by atoms with Crippen LogP contribution in [0.25, 0.3) is 0 Å². The van der Waals surface area contributed by atoms with Gasteiger partial charge in [0.25, 0.3) is 0 Å². The summed E-state index contributed by atoms with van der Waals surface area (Å²) in [5, 5.41) is 0. The third-order valence-corrected chi connectivity index (χ3v) is 3.90. The Morgan fingerprint density at radius 3 is 2.29 bits per heavy atom. The normalized spacial score (nSPS) is 22.9. The minimum atomic E-state index is -1.07. The molecule has 1 fully saturated rings. The van der Waals surface area contributed by atoms with Crippen LogP contribution in [0.3, 0.4) is 0 Å². The Hall–Kier alpha value is -0.0200. The van der Waals surface area contributed by atoms with Crippen LogP contribution in [0.2, 0.25) is 0 Å². The second-order valence-corrected chi connectivity index (χ2v) is 6.95. The first-order valence-corrected chi connectivity index (χ1v) is 6.57. The number of nitrogens with zero attached hydrogens (tertiary/aromatic N) is 1. The van der Waals surface area contributed by atoms with Crippen molar-refractivity contribution in [3.8, 4) is 0 Å². The first kappa shape index (κ1) is 12.1. The van der Waals surface area contributed by atoms with E-state index in [1.807, 2.05) is 27.0 Å². The van der Waals surface area contributed by atoms with E-state index in [4.69, 9.17) is 0 Å².